The molecule has 3 N–H and O–H groups in total. The SMILES string of the molecule is CC(=O)N[C@@H]1CCN(C(C)C)C[C@@H]1N. The Labute approximate surface area is 85.8 Å². The van der Waals surface area contributed by atoms with E-state index in [-0.39, 0.29) is 18.0 Å². The zero-order valence-electron chi connectivity index (χ0n) is 9.29. The van der Waals surface area contributed by atoms with Crippen LogP contribution in [0.25, 0.3) is 0 Å². The van der Waals surface area contributed by atoms with Gasteiger partial charge in [-0.1, -0.05) is 0 Å². The van der Waals surface area contributed by atoms with Crippen LogP contribution in [-0.2, 0) is 4.79 Å². The van der Waals surface area contributed by atoms with E-state index in [1.165, 1.54) is 0 Å². The van der Waals surface area contributed by atoms with E-state index < -0.39 is 0 Å². The van der Waals surface area contributed by atoms with Crippen LogP contribution in [0, 0.1) is 0 Å². The van der Waals surface area contributed by atoms with Crippen LogP contribution < -0.4 is 11.1 Å². The van der Waals surface area contributed by atoms with Crippen molar-refractivity contribution in [1.29, 1.82) is 0 Å². The van der Waals surface area contributed by atoms with Gasteiger partial charge in [0.15, 0.2) is 0 Å². The van der Waals surface area contributed by atoms with Crippen LogP contribution in [0.3, 0.4) is 0 Å². The number of hydrogen-bond donors (Lipinski definition) is 2. The second-order valence-electron chi connectivity index (χ2n) is 4.35. The Morgan fingerprint density at radius 1 is 1.57 bits per heavy atom. The molecule has 1 aliphatic heterocycles. The maximum absolute atomic E-state index is 10.9. The lowest BCUT2D eigenvalue weighted by Crippen LogP contribution is -2.58. The summed E-state index contributed by atoms with van der Waals surface area (Å²) in [6.45, 7) is 7.79. The number of likely N-dealkylation sites (tertiary alicyclic amines) is 1. The fraction of sp³-hybridized carbons (Fsp3) is 0.900. The van der Waals surface area contributed by atoms with E-state index in [2.05, 4.69) is 24.1 Å². The zero-order valence-corrected chi connectivity index (χ0v) is 9.29. The highest BCUT2D eigenvalue weighted by molar-refractivity contribution is 5.73. The second kappa shape index (κ2) is 4.75. The van der Waals surface area contributed by atoms with Gasteiger partial charge in [-0.05, 0) is 20.3 Å². The van der Waals surface area contributed by atoms with Gasteiger partial charge in [0.1, 0.15) is 0 Å². The fourth-order valence-corrected chi connectivity index (χ4v) is 1.92. The van der Waals surface area contributed by atoms with Gasteiger partial charge in [-0.25, -0.2) is 0 Å². The number of nitrogens with zero attached hydrogens (tertiary/aromatic N) is 1. The van der Waals surface area contributed by atoms with Gasteiger partial charge in [-0.3, -0.25) is 9.69 Å². The fourth-order valence-electron chi connectivity index (χ4n) is 1.92. The summed E-state index contributed by atoms with van der Waals surface area (Å²) in [6, 6.07) is 0.761. The molecule has 1 saturated heterocycles. The first-order valence-corrected chi connectivity index (χ1v) is 5.27. The van der Waals surface area contributed by atoms with Crippen molar-refractivity contribution in [3.8, 4) is 0 Å². The molecule has 0 aliphatic carbocycles. The summed E-state index contributed by atoms with van der Waals surface area (Å²) in [5.41, 5.74) is 6.00. The third-order valence-corrected chi connectivity index (χ3v) is 2.81. The van der Waals surface area contributed by atoms with E-state index in [0.29, 0.717) is 6.04 Å². The number of nitrogens with two attached hydrogens (primary N) is 1. The normalized spacial score (nSPS) is 29.2. The van der Waals surface area contributed by atoms with E-state index in [4.69, 9.17) is 5.73 Å². The van der Waals surface area contributed by atoms with E-state index in [1.54, 1.807) is 6.92 Å². The zero-order chi connectivity index (χ0) is 10.7. The minimum absolute atomic E-state index is 0.0171. The van der Waals surface area contributed by atoms with Crippen molar-refractivity contribution in [2.75, 3.05) is 13.1 Å². The molecule has 0 aromatic rings. The highest BCUT2D eigenvalue weighted by Crippen LogP contribution is 2.12. The van der Waals surface area contributed by atoms with Crippen molar-refractivity contribution >= 4 is 5.91 Å². The van der Waals surface area contributed by atoms with Crippen LogP contribution >= 0.6 is 0 Å². The predicted molar refractivity (Wildman–Crippen MR) is 56.9 cm³/mol. The first-order chi connectivity index (χ1) is 6.50. The Bertz CT molecular complexity index is 206. The van der Waals surface area contributed by atoms with Gasteiger partial charge in [0, 0.05) is 38.1 Å². The lowest BCUT2D eigenvalue weighted by Gasteiger charge is -2.38. The third kappa shape index (κ3) is 2.96. The van der Waals surface area contributed by atoms with Crippen molar-refractivity contribution in [3.63, 3.8) is 0 Å². The van der Waals surface area contributed by atoms with E-state index in [0.717, 1.165) is 19.5 Å². The van der Waals surface area contributed by atoms with Gasteiger partial charge in [0.25, 0.3) is 0 Å². The van der Waals surface area contributed by atoms with Crippen molar-refractivity contribution in [2.24, 2.45) is 5.73 Å². The minimum atomic E-state index is 0.0171. The van der Waals surface area contributed by atoms with Gasteiger partial charge in [0.05, 0.1) is 0 Å². The Hall–Kier alpha value is -0.610. The molecular formula is C10H21N3O. The number of hydrogen-bond acceptors (Lipinski definition) is 3. The molecule has 1 heterocycles. The van der Waals surface area contributed by atoms with Gasteiger partial charge < -0.3 is 11.1 Å². The van der Waals surface area contributed by atoms with Crippen molar-refractivity contribution < 1.29 is 4.79 Å². The molecule has 1 fully saturated rings. The molecule has 0 radical (unpaired) electrons. The van der Waals surface area contributed by atoms with Gasteiger partial charge in [-0.15, -0.1) is 0 Å². The number of piperidine rings is 1. The molecular weight excluding hydrogens is 178 g/mol. The second-order valence-corrected chi connectivity index (χ2v) is 4.35. The summed E-state index contributed by atoms with van der Waals surface area (Å²) in [4.78, 5) is 13.2. The molecule has 4 nitrogen and oxygen atoms in total. The molecule has 4 heteroatoms. The average Bonchev–Trinajstić information content (AvgIpc) is 2.07. The van der Waals surface area contributed by atoms with Gasteiger partial charge in [-0.2, -0.15) is 0 Å². The van der Waals surface area contributed by atoms with Crippen molar-refractivity contribution in [3.05, 3.63) is 0 Å². The van der Waals surface area contributed by atoms with Crippen LogP contribution in [0.5, 0.6) is 0 Å². The molecule has 0 unspecified atom stereocenters. The molecule has 0 aromatic heterocycles. The Morgan fingerprint density at radius 2 is 2.21 bits per heavy atom. The maximum Gasteiger partial charge on any atom is 0.217 e. The summed E-state index contributed by atoms with van der Waals surface area (Å²) in [7, 11) is 0. The number of carbonyl (C=O) groups excluding carboxylic acids is 1. The molecule has 14 heavy (non-hydrogen) atoms. The maximum atomic E-state index is 10.9. The van der Waals surface area contributed by atoms with E-state index in [1.807, 2.05) is 0 Å². The Kier molecular flexibility index (Phi) is 3.89. The standard InChI is InChI=1S/C10H21N3O/c1-7(2)13-5-4-10(9(11)6-13)12-8(3)14/h7,9-10H,4-6,11H2,1-3H3,(H,12,14)/t9-,10+/m0/s1. The summed E-state index contributed by atoms with van der Waals surface area (Å²) >= 11 is 0. The number of amides is 1. The van der Waals surface area contributed by atoms with Crippen LogP contribution in [0.4, 0.5) is 0 Å². The molecule has 0 bridgehead atoms. The highest BCUT2D eigenvalue weighted by Gasteiger charge is 2.27. The highest BCUT2D eigenvalue weighted by atomic mass is 16.1. The molecule has 0 spiro atoms. The number of rotatable bonds is 2. The molecule has 1 aliphatic rings. The minimum Gasteiger partial charge on any atom is -0.352 e. The molecule has 82 valence electrons. The number of carbonyl (C=O) groups is 1. The first-order valence-electron chi connectivity index (χ1n) is 5.27. The third-order valence-electron chi connectivity index (χ3n) is 2.81. The molecule has 0 aromatic carbocycles. The van der Waals surface area contributed by atoms with Gasteiger partial charge >= 0.3 is 0 Å². The van der Waals surface area contributed by atoms with E-state index in [9.17, 15) is 4.79 Å². The Morgan fingerprint density at radius 3 is 2.64 bits per heavy atom. The van der Waals surface area contributed by atoms with Crippen LogP contribution in [0.1, 0.15) is 27.2 Å². The summed E-state index contributed by atoms with van der Waals surface area (Å²) in [5, 5.41) is 2.90. The summed E-state index contributed by atoms with van der Waals surface area (Å²) < 4.78 is 0. The van der Waals surface area contributed by atoms with Crippen LogP contribution in [0.2, 0.25) is 0 Å². The average molecular weight is 199 g/mol. The lowest BCUT2D eigenvalue weighted by molar-refractivity contribution is -0.120. The molecule has 2 atom stereocenters. The monoisotopic (exact) mass is 199 g/mol. The van der Waals surface area contributed by atoms with E-state index >= 15 is 0 Å². The van der Waals surface area contributed by atoms with Crippen molar-refractivity contribution in [2.45, 2.75) is 45.3 Å². The van der Waals surface area contributed by atoms with Gasteiger partial charge in [0.2, 0.25) is 5.91 Å². The molecule has 1 rings (SSSR count). The number of nitrogens with one attached hydrogen (secondary N) is 1. The topological polar surface area (TPSA) is 58.4 Å². The Balaban J connectivity index is 2.43. The largest absolute Gasteiger partial charge is 0.352 e. The smallest absolute Gasteiger partial charge is 0.217 e. The van der Waals surface area contributed by atoms with Crippen LogP contribution in [-0.4, -0.2) is 42.0 Å². The molecule has 0 saturated carbocycles. The summed E-state index contributed by atoms with van der Waals surface area (Å²) in [5.74, 6) is 0.0171. The predicted octanol–water partition coefficient (Wildman–Crippen LogP) is -0.0675. The van der Waals surface area contributed by atoms with Crippen molar-refractivity contribution in [1.82, 2.24) is 10.2 Å². The summed E-state index contributed by atoms with van der Waals surface area (Å²) in [6.07, 6.45) is 0.957. The lowest BCUT2D eigenvalue weighted by atomic mass is 9.99. The first kappa shape index (κ1) is 11.5. The molecule has 1 amide bonds. The quantitative estimate of drug-likeness (QED) is 0.654. The van der Waals surface area contributed by atoms with Crippen LogP contribution in [0.15, 0.2) is 0 Å².